The zero-order valence-corrected chi connectivity index (χ0v) is 9.84. The lowest BCUT2D eigenvalue weighted by molar-refractivity contribution is -0.140. The van der Waals surface area contributed by atoms with Gasteiger partial charge in [0, 0.05) is 5.75 Å². The highest BCUT2D eigenvalue weighted by Crippen LogP contribution is 2.24. The number of carbonyl (C=O) groups excluding carboxylic acids is 1. The van der Waals surface area contributed by atoms with Gasteiger partial charge < -0.3 is 4.74 Å². The van der Waals surface area contributed by atoms with Gasteiger partial charge in [-0.3, -0.25) is 4.79 Å². The van der Waals surface area contributed by atoms with E-state index < -0.39 is 0 Å². The fraction of sp³-hybridized carbons (Fsp3) is 0.857. The number of thioether (sulfide) groups is 2. The fourth-order valence-electron chi connectivity index (χ4n) is 0.850. The Labute approximate surface area is 89.3 Å². The van der Waals surface area contributed by atoms with Crippen LogP contribution in [-0.4, -0.2) is 34.0 Å². The molecule has 1 aliphatic heterocycles. The van der Waals surface area contributed by atoms with E-state index in [1.807, 2.05) is 11.8 Å². The van der Waals surface area contributed by atoms with Crippen LogP contribution in [0.3, 0.4) is 0 Å². The maximum atomic E-state index is 10.9. The van der Waals surface area contributed by atoms with Crippen LogP contribution in [0.15, 0.2) is 0 Å². The van der Waals surface area contributed by atoms with Gasteiger partial charge in [0.15, 0.2) is 5.44 Å². The van der Waals surface area contributed by atoms with E-state index in [0.717, 1.165) is 11.5 Å². The summed E-state index contributed by atoms with van der Waals surface area (Å²) in [5.74, 6) is 3.07. The number of hydrogen-bond donors (Lipinski definition) is 0. The van der Waals surface area contributed by atoms with Gasteiger partial charge in [-0.25, -0.2) is 0 Å². The second-order valence-corrected chi connectivity index (χ2v) is 5.33. The molecule has 5 heteroatoms. The minimum Gasteiger partial charge on any atom is -0.450 e. The first kappa shape index (κ1) is 10.7. The zero-order valence-electron chi connectivity index (χ0n) is 6.62. The molecular weight excluding hydrogens is 260 g/mol. The molecule has 1 rings (SSSR count). The third-order valence-corrected chi connectivity index (χ3v) is 4.31. The topological polar surface area (TPSA) is 26.3 Å². The normalized spacial score (nSPS) is 24.6. The lowest BCUT2D eigenvalue weighted by Gasteiger charge is -2.12. The van der Waals surface area contributed by atoms with Crippen LogP contribution in [-0.2, 0) is 9.53 Å². The molecule has 0 saturated carbocycles. The molecule has 1 unspecified atom stereocenters. The Bertz CT molecular complexity index is 146. The number of ether oxygens (including phenoxy) is 1. The fourth-order valence-corrected chi connectivity index (χ4v) is 3.36. The molecule has 0 radical (unpaired) electrons. The van der Waals surface area contributed by atoms with Crippen LogP contribution < -0.4 is 0 Å². The third kappa shape index (κ3) is 4.05. The van der Waals surface area contributed by atoms with Crippen molar-refractivity contribution < 1.29 is 9.53 Å². The molecule has 70 valence electrons. The highest BCUT2D eigenvalue weighted by molar-refractivity contribution is 9.09. The lowest BCUT2D eigenvalue weighted by Crippen LogP contribution is -2.17. The van der Waals surface area contributed by atoms with Crippen molar-refractivity contribution >= 4 is 45.4 Å². The van der Waals surface area contributed by atoms with Gasteiger partial charge in [0.05, 0.1) is 0 Å². The quantitative estimate of drug-likeness (QED) is 0.567. The Hall–Kier alpha value is 0.650. The summed E-state index contributed by atoms with van der Waals surface area (Å²) >= 11 is 6.68. The highest BCUT2D eigenvalue weighted by Gasteiger charge is 2.16. The number of esters is 1. The van der Waals surface area contributed by atoms with E-state index in [2.05, 4.69) is 15.9 Å². The van der Waals surface area contributed by atoms with Crippen LogP contribution in [0, 0.1) is 0 Å². The van der Waals surface area contributed by atoms with Gasteiger partial charge in [0.25, 0.3) is 0 Å². The molecule has 1 heterocycles. The van der Waals surface area contributed by atoms with Gasteiger partial charge in [-0.2, -0.15) is 11.8 Å². The molecule has 0 aromatic heterocycles. The SMILES string of the molecule is O=C(CBr)OC1CSCCCS1. The van der Waals surface area contributed by atoms with Crippen molar-refractivity contribution in [1.82, 2.24) is 0 Å². The molecule has 0 aromatic rings. The van der Waals surface area contributed by atoms with Crippen LogP contribution in [0.25, 0.3) is 0 Å². The second-order valence-electron chi connectivity index (χ2n) is 2.35. The second kappa shape index (κ2) is 6.16. The molecule has 12 heavy (non-hydrogen) atoms. The van der Waals surface area contributed by atoms with E-state index in [-0.39, 0.29) is 11.4 Å². The Morgan fingerprint density at radius 1 is 1.58 bits per heavy atom. The van der Waals surface area contributed by atoms with E-state index in [4.69, 9.17) is 4.74 Å². The standard InChI is InChI=1S/C7H11BrO2S2/c8-4-6(9)10-7-5-11-2-1-3-12-7/h7H,1-5H2. The Kier molecular flexibility index (Phi) is 5.50. The molecule has 0 spiro atoms. The van der Waals surface area contributed by atoms with Crippen LogP contribution >= 0.6 is 39.5 Å². The van der Waals surface area contributed by atoms with Crippen molar-refractivity contribution in [1.29, 1.82) is 0 Å². The first-order valence-corrected chi connectivity index (χ1v) is 7.10. The summed E-state index contributed by atoms with van der Waals surface area (Å²) < 4.78 is 5.18. The van der Waals surface area contributed by atoms with Gasteiger partial charge in [-0.15, -0.1) is 11.8 Å². The molecule has 1 saturated heterocycles. The van der Waals surface area contributed by atoms with E-state index in [1.54, 1.807) is 11.8 Å². The van der Waals surface area contributed by atoms with Crippen molar-refractivity contribution in [3.63, 3.8) is 0 Å². The lowest BCUT2D eigenvalue weighted by atomic mass is 10.6. The van der Waals surface area contributed by atoms with E-state index >= 15 is 0 Å². The van der Waals surface area contributed by atoms with Crippen molar-refractivity contribution in [3.05, 3.63) is 0 Å². The number of alkyl halides is 1. The van der Waals surface area contributed by atoms with Crippen molar-refractivity contribution in [2.75, 3.05) is 22.6 Å². The monoisotopic (exact) mass is 270 g/mol. The van der Waals surface area contributed by atoms with Crippen LogP contribution in [0.5, 0.6) is 0 Å². The highest BCUT2D eigenvalue weighted by atomic mass is 79.9. The summed E-state index contributed by atoms with van der Waals surface area (Å²) in [7, 11) is 0. The maximum absolute atomic E-state index is 10.9. The van der Waals surface area contributed by atoms with E-state index in [1.165, 1.54) is 12.2 Å². The zero-order chi connectivity index (χ0) is 8.81. The summed E-state index contributed by atoms with van der Waals surface area (Å²) in [6.07, 6.45) is 1.22. The minimum absolute atomic E-state index is 0.0718. The van der Waals surface area contributed by atoms with Gasteiger partial charge in [-0.1, -0.05) is 15.9 Å². The molecule has 0 bridgehead atoms. The predicted octanol–water partition coefficient (Wildman–Crippen LogP) is 2.12. The van der Waals surface area contributed by atoms with Gasteiger partial charge in [0.1, 0.15) is 5.33 Å². The number of rotatable bonds is 2. The van der Waals surface area contributed by atoms with Crippen molar-refractivity contribution in [2.24, 2.45) is 0 Å². The number of hydrogen-bond acceptors (Lipinski definition) is 4. The number of halogens is 1. The predicted molar refractivity (Wildman–Crippen MR) is 58.1 cm³/mol. The number of carbonyl (C=O) groups is 1. The van der Waals surface area contributed by atoms with Crippen LogP contribution in [0.1, 0.15) is 6.42 Å². The van der Waals surface area contributed by atoms with Gasteiger partial charge >= 0.3 is 5.97 Å². The van der Waals surface area contributed by atoms with Crippen molar-refractivity contribution in [3.8, 4) is 0 Å². The molecule has 0 aliphatic carbocycles. The van der Waals surface area contributed by atoms with Crippen LogP contribution in [0.2, 0.25) is 0 Å². The molecule has 1 fully saturated rings. The third-order valence-electron chi connectivity index (χ3n) is 1.36. The summed E-state index contributed by atoms with van der Waals surface area (Å²) in [6, 6.07) is 0. The average Bonchev–Trinajstić information content (AvgIpc) is 2.33. The Balaban J connectivity index is 2.24. The molecular formula is C7H11BrO2S2. The molecule has 0 amide bonds. The Morgan fingerprint density at radius 3 is 3.17 bits per heavy atom. The van der Waals surface area contributed by atoms with Gasteiger partial charge in [0.2, 0.25) is 0 Å². The largest absolute Gasteiger partial charge is 0.450 e. The summed E-state index contributed by atoms with van der Waals surface area (Å²) in [4.78, 5) is 10.9. The molecule has 1 aliphatic rings. The summed E-state index contributed by atoms with van der Waals surface area (Å²) in [6.45, 7) is 0. The molecule has 2 nitrogen and oxygen atoms in total. The summed E-state index contributed by atoms with van der Waals surface area (Å²) in [5, 5.41) is 0.300. The smallest absolute Gasteiger partial charge is 0.317 e. The van der Waals surface area contributed by atoms with E-state index in [0.29, 0.717) is 5.33 Å². The van der Waals surface area contributed by atoms with Crippen molar-refractivity contribution in [2.45, 2.75) is 11.9 Å². The van der Waals surface area contributed by atoms with Gasteiger partial charge in [-0.05, 0) is 17.9 Å². The Morgan fingerprint density at radius 2 is 2.42 bits per heavy atom. The summed E-state index contributed by atoms with van der Waals surface area (Å²) in [5.41, 5.74) is 0.0718. The molecule has 0 N–H and O–H groups in total. The first-order chi connectivity index (χ1) is 5.83. The maximum Gasteiger partial charge on any atom is 0.317 e. The van der Waals surface area contributed by atoms with E-state index in [9.17, 15) is 4.79 Å². The average molecular weight is 271 g/mol. The van der Waals surface area contributed by atoms with Crippen LogP contribution in [0.4, 0.5) is 0 Å². The first-order valence-electron chi connectivity index (χ1n) is 3.77. The molecule has 1 atom stereocenters. The minimum atomic E-state index is -0.157. The molecule has 0 aromatic carbocycles.